The van der Waals surface area contributed by atoms with Gasteiger partial charge in [-0.1, -0.05) is 49.5 Å². The summed E-state index contributed by atoms with van der Waals surface area (Å²) in [6, 6.07) is 21.6. The highest BCUT2D eigenvalue weighted by Crippen LogP contribution is 2.44. The Kier molecular flexibility index (Phi) is 7.13. The fraction of sp³-hybridized carbons (Fsp3) is 0.289. The van der Waals surface area contributed by atoms with E-state index in [4.69, 9.17) is 9.47 Å². The van der Waals surface area contributed by atoms with Crippen molar-refractivity contribution in [3.63, 3.8) is 0 Å². The molecular formula is C38H40N3O2S+. The van der Waals surface area contributed by atoms with Crippen molar-refractivity contribution < 1.29 is 14.0 Å². The van der Waals surface area contributed by atoms with Gasteiger partial charge in [0.15, 0.2) is 5.75 Å². The van der Waals surface area contributed by atoms with Crippen molar-refractivity contribution in [3.05, 3.63) is 107 Å². The standard InChI is InChI=1S/C38H40N3O2S/c1-7-39-31-21-29(41-16-15-28-11-9-10-12-30(28)41)13-14-33(31)43-36(39)19-26-18-27(24-38(4,5)23-26)20-37-40(8-2)32-17-25(3)34(42-6)22-35(32)44-37/h9-22H,7-8,23-24H2,1-6H3/q+1. The summed E-state index contributed by atoms with van der Waals surface area (Å²) < 4.78 is 18.1. The first-order valence-electron chi connectivity index (χ1n) is 15.6. The van der Waals surface area contributed by atoms with Gasteiger partial charge in [-0.3, -0.25) is 0 Å². The first kappa shape index (κ1) is 28.5. The van der Waals surface area contributed by atoms with Crippen molar-refractivity contribution in [2.45, 2.75) is 54.0 Å². The molecule has 1 aliphatic heterocycles. The Morgan fingerprint density at radius 1 is 1.02 bits per heavy atom. The summed E-state index contributed by atoms with van der Waals surface area (Å²) in [6.07, 6.45) is 11.2. The normalized spacial score (nSPS) is 17.9. The lowest BCUT2D eigenvalue weighted by atomic mass is 9.75. The topological polar surface area (TPSA) is 30.5 Å². The Morgan fingerprint density at radius 2 is 1.86 bits per heavy atom. The van der Waals surface area contributed by atoms with Gasteiger partial charge in [0.25, 0.3) is 5.01 Å². The molecule has 2 aromatic heterocycles. The average molecular weight is 603 g/mol. The smallest absolute Gasteiger partial charge is 0.263 e. The molecule has 3 heterocycles. The highest BCUT2D eigenvalue weighted by molar-refractivity contribution is 7.18. The Morgan fingerprint density at radius 3 is 2.66 bits per heavy atom. The number of fused-ring (bicyclic) bond motifs is 3. The molecule has 1 aliphatic carbocycles. The number of methoxy groups -OCH3 is 1. The molecule has 0 amide bonds. The maximum Gasteiger partial charge on any atom is 0.263 e. The highest BCUT2D eigenvalue weighted by atomic mass is 32.1. The van der Waals surface area contributed by atoms with Crippen molar-refractivity contribution in [2.24, 2.45) is 5.41 Å². The number of hydrogen-bond acceptors (Lipinski definition) is 4. The number of hydrogen-bond donors (Lipinski definition) is 0. The van der Waals surface area contributed by atoms with Crippen LogP contribution in [0.15, 0.2) is 96.0 Å². The van der Waals surface area contributed by atoms with Gasteiger partial charge in [0, 0.05) is 42.7 Å². The molecule has 0 bridgehead atoms. The van der Waals surface area contributed by atoms with E-state index in [-0.39, 0.29) is 5.41 Å². The summed E-state index contributed by atoms with van der Waals surface area (Å²) in [4.78, 5) is 2.29. The van der Waals surface area contributed by atoms with E-state index in [9.17, 15) is 0 Å². The van der Waals surface area contributed by atoms with E-state index in [2.05, 4.69) is 134 Å². The van der Waals surface area contributed by atoms with E-state index < -0.39 is 0 Å². The predicted octanol–water partition coefficient (Wildman–Crippen LogP) is 9.36. The second-order valence-corrected chi connectivity index (χ2v) is 13.7. The quantitative estimate of drug-likeness (QED) is 0.181. The average Bonchev–Trinajstić information content (AvgIpc) is 3.67. The molecule has 5 nitrogen and oxygen atoms in total. The summed E-state index contributed by atoms with van der Waals surface area (Å²) in [5, 5.41) is 2.51. The molecule has 0 unspecified atom stereocenters. The molecule has 0 N–H and O–H groups in total. The zero-order chi connectivity index (χ0) is 30.6. The summed E-state index contributed by atoms with van der Waals surface area (Å²) in [6.45, 7) is 13.0. The Bertz CT molecular complexity index is 2010. The number of ether oxygens (including phenoxy) is 2. The van der Waals surface area contributed by atoms with Gasteiger partial charge < -0.3 is 18.9 Å². The van der Waals surface area contributed by atoms with Crippen LogP contribution in [-0.2, 0) is 6.54 Å². The lowest BCUT2D eigenvalue weighted by Gasteiger charge is -2.30. The molecule has 0 radical (unpaired) electrons. The molecular weight excluding hydrogens is 563 g/mol. The molecule has 0 atom stereocenters. The third-order valence-electron chi connectivity index (χ3n) is 8.83. The molecule has 6 heteroatoms. The van der Waals surface area contributed by atoms with Gasteiger partial charge in [0.05, 0.1) is 18.3 Å². The van der Waals surface area contributed by atoms with Crippen molar-refractivity contribution >= 4 is 44.2 Å². The van der Waals surface area contributed by atoms with Crippen LogP contribution in [-0.4, -0.2) is 18.2 Å². The van der Waals surface area contributed by atoms with Crippen LogP contribution < -0.4 is 18.9 Å². The van der Waals surface area contributed by atoms with Crippen LogP contribution in [0.4, 0.5) is 5.69 Å². The third kappa shape index (κ3) is 5.01. The second-order valence-electron chi connectivity index (χ2n) is 12.7. The minimum atomic E-state index is 0.145. The summed E-state index contributed by atoms with van der Waals surface area (Å²) in [5.74, 6) is 2.75. The van der Waals surface area contributed by atoms with Crippen LogP contribution in [0.2, 0.25) is 0 Å². The van der Waals surface area contributed by atoms with Crippen LogP contribution in [0.3, 0.4) is 0 Å². The highest BCUT2D eigenvalue weighted by Gasteiger charge is 2.30. The zero-order valence-electron chi connectivity index (χ0n) is 26.5. The number of benzene rings is 3. The molecule has 7 rings (SSSR count). The molecule has 0 spiro atoms. The molecule has 0 saturated carbocycles. The van der Waals surface area contributed by atoms with Crippen LogP contribution in [0.5, 0.6) is 11.5 Å². The van der Waals surface area contributed by atoms with Crippen LogP contribution in [0.25, 0.3) is 32.9 Å². The minimum Gasteiger partial charge on any atom is -0.496 e. The number of rotatable bonds is 6. The number of allylic oxidation sites excluding steroid dienone is 4. The molecule has 44 heavy (non-hydrogen) atoms. The van der Waals surface area contributed by atoms with Gasteiger partial charge in [0.1, 0.15) is 17.0 Å². The largest absolute Gasteiger partial charge is 0.496 e. The van der Waals surface area contributed by atoms with E-state index in [1.54, 1.807) is 7.11 Å². The fourth-order valence-electron chi connectivity index (χ4n) is 6.88. The maximum atomic E-state index is 6.51. The SMILES string of the molecule is CCN1/C(=C/C2=CC(=C\c3sc4cc(OC)c(C)cc4[n+]3CC)/CC(C)(C)C2)Oc2ccc(-n3ccc4ccccc43)cc21. The van der Waals surface area contributed by atoms with Gasteiger partial charge >= 0.3 is 0 Å². The Hall–Kier alpha value is -4.29. The molecule has 3 aromatic carbocycles. The number of nitrogens with zero attached hydrogens (tertiary/aromatic N) is 3. The monoisotopic (exact) mass is 602 g/mol. The third-order valence-corrected chi connectivity index (χ3v) is 9.92. The van der Waals surface area contributed by atoms with Crippen molar-refractivity contribution in [1.82, 2.24) is 4.57 Å². The second kappa shape index (κ2) is 11.0. The van der Waals surface area contributed by atoms with Crippen molar-refractivity contribution in [3.8, 4) is 17.2 Å². The van der Waals surface area contributed by atoms with Gasteiger partial charge in [-0.25, -0.2) is 0 Å². The molecule has 0 fully saturated rings. The van der Waals surface area contributed by atoms with E-state index in [1.807, 2.05) is 11.3 Å². The van der Waals surface area contributed by atoms with E-state index >= 15 is 0 Å². The van der Waals surface area contributed by atoms with E-state index in [0.29, 0.717) is 0 Å². The zero-order valence-corrected chi connectivity index (χ0v) is 27.3. The van der Waals surface area contributed by atoms with E-state index in [0.717, 1.165) is 54.7 Å². The Labute approximate surface area is 264 Å². The maximum absolute atomic E-state index is 6.51. The predicted molar refractivity (Wildman–Crippen MR) is 183 cm³/mol. The lowest BCUT2D eigenvalue weighted by molar-refractivity contribution is -0.665. The van der Waals surface area contributed by atoms with Gasteiger partial charge in [-0.05, 0) is 91.5 Å². The van der Waals surface area contributed by atoms with Crippen LogP contribution >= 0.6 is 11.3 Å². The lowest BCUT2D eigenvalue weighted by Crippen LogP contribution is -2.33. The molecule has 0 saturated heterocycles. The molecule has 224 valence electrons. The number of thiazole rings is 1. The van der Waals surface area contributed by atoms with E-state index in [1.165, 1.54) is 42.8 Å². The number of para-hydroxylation sites is 1. The fourth-order valence-corrected chi connectivity index (χ4v) is 8.09. The van der Waals surface area contributed by atoms with Crippen molar-refractivity contribution in [2.75, 3.05) is 18.6 Å². The van der Waals surface area contributed by atoms with Crippen LogP contribution in [0.1, 0.15) is 51.1 Å². The Balaban J connectivity index is 1.24. The first-order valence-corrected chi connectivity index (χ1v) is 16.4. The summed E-state index contributed by atoms with van der Waals surface area (Å²) in [5.41, 5.74) is 8.68. The van der Waals surface area contributed by atoms with Gasteiger partial charge in [-0.15, -0.1) is 0 Å². The summed E-state index contributed by atoms with van der Waals surface area (Å²) in [7, 11) is 1.75. The minimum absolute atomic E-state index is 0.145. The molecule has 2 aliphatic rings. The number of anilines is 1. The molecule has 5 aromatic rings. The first-order chi connectivity index (χ1) is 21.3. The van der Waals surface area contributed by atoms with Crippen LogP contribution in [0, 0.1) is 12.3 Å². The number of aromatic nitrogens is 2. The van der Waals surface area contributed by atoms with Crippen molar-refractivity contribution in [1.29, 1.82) is 0 Å². The van der Waals surface area contributed by atoms with Gasteiger partial charge in [0.2, 0.25) is 11.4 Å². The number of aryl methyl sites for hydroxylation is 2. The summed E-state index contributed by atoms with van der Waals surface area (Å²) >= 11 is 1.84. The van der Waals surface area contributed by atoms with Gasteiger partial charge in [-0.2, -0.15) is 4.57 Å².